The van der Waals surface area contributed by atoms with E-state index >= 15 is 0 Å². The Morgan fingerprint density at radius 3 is 2.77 bits per heavy atom. The third kappa shape index (κ3) is 4.25. The Morgan fingerprint density at radius 2 is 2.07 bits per heavy atom. The van der Waals surface area contributed by atoms with E-state index in [1.807, 2.05) is 32.0 Å². The van der Waals surface area contributed by atoms with E-state index in [2.05, 4.69) is 10.3 Å². The highest BCUT2D eigenvalue weighted by atomic mass is 32.1. The van der Waals surface area contributed by atoms with Crippen molar-refractivity contribution in [1.82, 2.24) is 4.98 Å². The van der Waals surface area contributed by atoms with E-state index in [1.54, 1.807) is 24.3 Å². The zero-order valence-corrected chi connectivity index (χ0v) is 17.2. The summed E-state index contributed by atoms with van der Waals surface area (Å²) in [7, 11) is 0. The number of hydrogen-bond donors (Lipinski definition) is 1. The number of anilines is 1. The predicted octanol–water partition coefficient (Wildman–Crippen LogP) is 4.60. The molecule has 0 atom stereocenters. The van der Waals surface area contributed by atoms with Gasteiger partial charge in [0.1, 0.15) is 18.4 Å². The number of nitro groups is 1. The fraction of sp³-hybridized carbons (Fsp3) is 0.238. The lowest BCUT2D eigenvalue weighted by atomic mass is 10.0. The molecule has 0 radical (unpaired) electrons. The number of para-hydroxylation sites is 1. The van der Waals surface area contributed by atoms with Crippen LogP contribution in [0.25, 0.3) is 0 Å². The van der Waals surface area contributed by atoms with Crippen LogP contribution in [0.2, 0.25) is 0 Å². The normalized spacial score (nSPS) is 13.9. The Kier molecular flexibility index (Phi) is 5.13. The maximum Gasteiger partial charge on any atom is 0.345 e. The fourth-order valence-corrected chi connectivity index (χ4v) is 3.82. The molecule has 0 fully saturated rings. The molecule has 0 saturated carbocycles. The van der Waals surface area contributed by atoms with Crippen LogP contribution in [0.4, 0.5) is 10.1 Å². The van der Waals surface area contributed by atoms with Crippen LogP contribution >= 0.6 is 11.3 Å². The summed E-state index contributed by atoms with van der Waals surface area (Å²) in [6.07, 6.45) is 1.96. The summed E-state index contributed by atoms with van der Waals surface area (Å²) in [6.45, 7) is 4.43. The number of carbonyl (C=O) groups excluding carboxylic acids is 1. The molecule has 1 aromatic heterocycles. The van der Waals surface area contributed by atoms with Crippen LogP contribution in [0.15, 0.2) is 48.7 Å². The minimum Gasteiger partial charge on any atom is -0.485 e. The number of thiazole rings is 1. The van der Waals surface area contributed by atoms with Gasteiger partial charge in [-0.25, -0.2) is 4.98 Å². The maximum atomic E-state index is 12.3. The molecule has 1 aliphatic heterocycles. The lowest BCUT2D eigenvalue weighted by Gasteiger charge is -2.18. The molecule has 30 heavy (non-hydrogen) atoms. The first-order valence-electron chi connectivity index (χ1n) is 9.25. The summed E-state index contributed by atoms with van der Waals surface area (Å²) < 4.78 is 12.0. The number of amides is 1. The number of aromatic nitrogens is 1. The maximum absolute atomic E-state index is 12.3. The Bertz CT molecular complexity index is 1110. The van der Waals surface area contributed by atoms with Crippen LogP contribution in [0, 0.1) is 10.1 Å². The van der Waals surface area contributed by atoms with Crippen LogP contribution < -0.4 is 14.8 Å². The predicted molar refractivity (Wildman–Crippen MR) is 112 cm³/mol. The van der Waals surface area contributed by atoms with Gasteiger partial charge in [0.2, 0.25) is 0 Å². The summed E-state index contributed by atoms with van der Waals surface area (Å²) in [5.74, 6) is 1.10. The van der Waals surface area contributed by atoms with E-state index in [0.717, 1.165) is 40.8 Å². The molecule has 1 amide bonds. The van der Waals surface area contributed by atoms with Crippen molar-refractivity contribution >= 4 is 27.4 Å². The van der Waals surface area contributed by atoms with Crippen molar-refractivity contribution in [2.45, 2.75) is 32.5 Å². The second kappa shape index (κ2) is 7.75. The monoisotopic (exact) mass is 425 g/mol. The molecule has 0 unspecified atom stereocenters. The number of benzene rings is 2. The molecule has 0 bridgehead atoms. The second-order valence-electron chi connectivity index (χ2n) is 7.48. The molecule has 2 heterocycles. The van der Waals surface area contributed by atoms with Gasteiger partial charge >= 0.3 is 5.00 Å². The van der Waals surface area contributed by atoms with Gasteiger partial charge < -0.3 is 9.47 Å². The quantitative estimate of drug-likeness (QED) is 0.457. The Morgan fingerprint density at radius 1 is 1.30 bits per heavy atom. The number of nitrogens with zero attached hydrogens (tertiary/aromatic N) is 2. The first-order chi connectivity index (χ1) is 14.3. The zero-order chi connectivity index (χ0) is 21.3. The van der Waals surface area contributed by atoms with E-state index in [-0.39, 0.29) is 21.6 Å². The summed E-state index contributed by atoms with van der Waals surface area (Å²) in [5.41, 5.74) is 2.20. The summed E-state index contributed by atoms with van der Waals surface area (Å²) in [4.78, 5) is 26.3. The van der Waals surface area contributed by atoms with Crippen LogP contribution in [0.5, 0.6) is 11.5 Å². The van der Waals surface area contributed by atoms with Crippen molar-refractivity contribution < 1.29 is 19.2 Å². The summed E-state index contributed by atoms with van der Waals surface area (Å²) >= 11 is 0.808. The van der Waals surface area contributed by atoms with Crippen molar-refractivity contribution in [2.24, 2.45) is 0 Å². The lowest BCUT2D eigenvalue weighted by Crippen LogP contribution is -2.24. The van der Waals surface area contributed by atoms with Crippen molar-refractivity contribution in [3.63, 3.8) is 0 Å². The highest BCUT2D eigenvalue weighted by Crippen LogP contribution is 2.42. The minimum absolute atomic E-state index is 0.127. The molecular weight excluding hydrogens is 406 g/mol. The number of ether oxygens (including phenoxy) is 2. The number of hydrogen-bond acceptors (Lipinski definition) is 7. The van der Waals surface area contributed by atoms with Gasteiger partial charge in [-0.3, -0.25) is 20.2 Å². The van der Waals surface area contributed by atoms with Crippen molar-refractivity contribution in [3.05, 3.63) is 75.5 Å². The minimum atomic E-state index is -0.545. The first kappa shape index (κ1) is 19.8. The molecule has 0 spiro atoms. The lowest BCUT2D eigenvalue weighted by molar-refractivity contribution is -0.380. The second-order valence-corrected chi connectivity index (χ2v) is 8.49. The van der Waals surface area contributed by atoms with Gasteiger partial charge in [-0.05, 0) is 48.9 Å². The first-order valence-corrected chi connectivity index (χ1v) is 10.1. The zero-order valence-electron chi connectivity index (χ0n) is 16.4. The van der Waals surface area contributed by atoms with E-state index in [1.165, 1.54) is 0 Å². The highest BCUT2D eigenvalue weighted by molar-refractivity contribution is 7.18. The molecule has 1 N–H and O–H groups in total. The topological polar surface area (TPSA) is 104 Å². The molecule has 0 saturated heterocycles. The molecule has 0 aliphatic carbocycles. The largest absolute Gasteiger partial charge is 0.485 e. The Balaban J connectivity index is 1.38. The Labute approximate surface area is 176 Å². The van der Waals surface area contributed by atoms with E-state index in [0.29, 0.717) is 17.9 Å². The van der Waals surface area contributed by atoms with Crippen LogP contribution in [-0.2, 0) is 13.0 Å². The number of rotatable bonds is 6. The van der Waals surface area contributed by atoms with Gasteiger partial charge in [0.15, 0.2) is 16.6 Å². The molecule has 154 valence electrons. The average Bonchev–Trinajstić information content (AvgIpc) is 3.29. The SMILES string of the molecule is CC1(C)Cc2cccc(OCc3ccc(C(=O)Nc4ncc([N+](=O)[O-])s4)cc3)c2O1. The Hall–Kier alpha value is -3.46. The molecule has 4 rings (SSSR count). The van der Waals surface area contributed by atoms with E-state index in [4.69, 9.17) is 9.47 Å². The fourth-order valence-electron chi connectivity index (χ4n) is 3.19. The van der Waals surface area contributed by atoms with Crippen molar-refractivity contribution in [3.8, 4) is 11.5 Å². The summed E-state index contributed by atoms with van der Waals surface area (Å²) in [6, 6.07) is 12.8. The van der Waals surface area contributed by atoms with Gasteiger partial charge in [-0.2, -0.15) is 0 Å². The standard InChI is InChI=1S/C21H19N3O5S/c1-21(2)10-15-4-3-5-16(18(15)29-21)28-12-13-6-8-14(9-7-13)19(25)23-20-22-11-17(30-20)24(26)27/h3-9,11H,10,12H2,1-2H3,(H,22,23,25). The third-order valence-corrected chi connectivity index (χ3v) is 5.42. The molecule has 3 aromatic rings. The molecule has 1 aliphatic rings. The van der Waals surface area contributed by atoms with Crippen LogP contribution in [0.3, 0.4) is 0 Å². The van der Waals surface area contributed by atoms with E-state index < -0.39 is 4.92 Å². The van der Waals surface area contributed by atoms with Gasteiger partial charge in [-0.15, -0.1) is 0 Å². The molecule has 9 heteroatoms. The van der Waals surface area contributed by atoms with Crippen molar-refractivity contribution in [2.75, 3.05) is 5.32 Å². The number of fused-ring (bicyclic) bond motifs is 1. The van der Waals surface area contributed by atoms with Gasteiger partial charge in [0.25, 0.3) is 5.91 Å². The van der Waals surface area contributed by atoms with Gasteiger partial charge in [-0.1, -0.05) is 24.3 Å². The molecular formula is C21H19N3O5S. The van der Waals surface area contributed by atoms with Crippen molar-refractivity contribution in [1.29, 1.82) is 0 Å². The van der Waals surface area contributed by atoms with Gasteiger partial charge in [0, 0.05) is 17.5 Å². The average molecular weight is 425 g/mol. The van der Waals surface area contributed by atoms with Crippen LogP contribution in [0.1, 0.15) is 35.3 Å². The van der Waals surface area contributed by atoms with Gasteiger partial charge in [0.05, 0.1) is 4.92 Å². The number of carbonyl (C=O) groups is 1. The smallest absolute Gasteiger partial charge is 0.345 e. The summed E-state index contributed by atoms with van der Waals surface area (Å²) in [5, 5.41) is 13.3. The third-order valence-electron chi connectivity index (χ3n) is 4.56. The number of nitrogens with one attached hydrogen (secondary N) is 1. The molecule has 2 aromatic carbocycles. The highest BCUT2D eigenvalue weighted by Gasteiger charge is 2.32. The van der Waals surface area contributed by atoms with Crippen LogP contribution in [-0.4, -0.2) is 21.4 Å². The molecule has 8 nitrogen and oxygen atoms in total. The van der Waals surface area contributed by atoms with E-state index in [9.17, 15) is 14.9 Å².